The van der Waals surface area contributed by atoms with Gasteiger partial charge in [0.05, 0.1) is 43.9 Å². The minimum Gasteiger partial charge on any atom is -0.508 e. The number of halogens is 2. The Bertz CT molecular complexity index is 3270. The lowest BCUT2D eigenvalue weighted by Gasteiger charge is -2.18. The summed E-state index contributed by atoms with van der Waals surface area (Å²) in [6.07, 6.45) is 0.0571. The first-order chi connectivity index (χ1) is 34.9. The first kappa shape index (κ1) is 52.0. The van der Waals surface area contributed by atoms with E-state index < -0.39 is 47.9 Å². The van der Waals surface area contributed by atoms with Crippen LogP contribution in [0.4, 0.5) is 38.0 Å². The number of nitrogens with one attached hydrogen (secondary N) is 7. The maximum absolute atomic E-state index is 13.9. The van der Waals surface area contributed by atoms with Gasteiger partial charge in [0.15, 0.2) is 5.96 Å². The number of hydrogen-bond donors (Lipinski definition) is 11. The van der Waals surface area contributed by atoms with Gasteiger partial charge in [-0.2, -0.15) is 0 Å². The lowest BCUT2D eigenvalue weighted by molar-refractivity contribution is -0.140. The second-order valence-corrected chi connectivity index (χ2v) is 17.7. The van der Waals surface area contributed by atoms with Crippen molar-refractivity contribution in [3.63, 3.8) is 0 Å². The van der Waals surface area contributed by atoms with Gasteiger partial charge in [0.1, 0.15) is 17.8 Å². The number of urea groups is 2. The highest BCUT2D eigenvalue weighted by molar-refractivity contribution is 6.34. The average Bonchev–Trinajstić information content (AvgIpc) is 3.34. The van der Waals surface area contributed by atoms with E-state index in [1.807, 2.05) is 6.07 Å². The van der Waals surface area contributed by atoms with E-state index in [0.29, 0.717) is 49.4 Å². The van der Waals surface area contributed by atoms with Crippen LogP contribution in [0.25, 0.3) is 21.5 Å². The fourth-order valence-corrected chi connectivity index (χ4v) is 8.33. The summed E-state index contributed by atoms with van der Waals surface area (Å²) in [7, 11) is 0. The highest BCUT2D eigenvalue weighted by atomic mass is 35.5. The molecular formula is C53H49Cl2N9O9. The molecule has 7 aromatic carbocycles. The van der Waals surface area contributed by atoms with Crippen molar-refractivity contribution in [2.24, 2.45) is 10.7 Å². The number of carboxylic acids is 2. The molecule has 0 fully saturated rings. The topological polar surface area (TPSA) is 286 Å². The fourth-order valence-electron chi connectivity index (χ4n) is 7.79. The number of amides is 6. The Labute approximate surface area is 428 Å². The minimum absolute atomic E-state index is 0.00494. The normalized spacial score (nSPS) is 12.0. The van der Waals surface area contributed by atoms with Crippen molar-refractivity contribution >= 4 is 115 Å². The summed E-state index contributed by atoms with van der Waals surface area (Å²) < 4.78 is 0. The van der Waals surface area contributed by atoms with Crippen LogP contribution in [0.1, 0.15) is 50.2 Å². The standard InChI is InChI=1S/C53H49Cl2N9O9/c1-28-8-5-12-39(54)45(28)63-52(72)61-42-26-32-11-4-3-10-31(32)24-37(42)47(66)59-41(49(68)69)14-7-21-57-51(56)58-35-18-17-33-25-38(48(67)60-44(50(70)71)22-30-15-19-36(65)20-16-30)43(27-34(33)23-35)62-53(73)64-46-29(2)9-6-13-40(46)55/h3-6,8-13,15-20,23-27,41,44,65H,7,14,21-22H2,1-2H3,(H,59,66)(H,60,67)(H,68,69)(H,70,71)(H3,56,57,58)(H2,61,63,72)(H2,62,64,73)/t41-,44?/m0/s1. The lowest BCUT2D eigenvalue weighted by atomic mass is 10.0. The zero-order valence-electron chi connectivity index (χ0n) is 39.2. The van der Waals surface area contributed by atoms with Gasteiger partial charge in [0.2, 0.25) is 0 Å². The Hall–Kier alpha value is -8.87. The van der Waals surface area contributed by atoms with Crippen molar-refractivity contribution in [2.75, 3.05) is 33.1 Å². The second-order valence-electron chi connectivity index (χ2n) is 16.9. The summed E-state index contributed by atoms with van der Waals surface area (Å²) >= 11 is 12.7. The molecule has 0 aliphatic heterocycles. The average molecular weight is 1030 g/mol. The molecule has 7 aromatic rings. The van der Waals surface area contributed by atoms with Gasteiger partial charge in [-0.1, -0.05) is 89.9 Å². The smallest absolute Gasteiger partial charge is 0.326 e. The molecule has 0 saturated heterocycles. The largest absolute Gasteiger partial charge is 0.508 e. The Morgan fingerprint density at radius 3 is 1.62 bits per heavy atom. The number of rotatable bonds is 17. The predicted octanol–water partition coefficient (Wildman–Crippen LogP) is 9.73. The first-order valence-corrected chi connectivity index (χ1v) is 23.4. The molecule has 0 radical (unpaired) electrons. The Balaban J connectivity index is 1.03. The molecule has 0 heterocycles. The number of aryl methyl sites for hydroxylation is 2. The number of phenolic OH excluding ortho intramolecular Hbond substituents is 1. The number of fused-ring (bicyclic) bond motifs is 2. The van der Waals surface area contributed by atoms with E-state index in [9.17, 15) is 44.1 Å². The summed E-state index contributed by atoms with van der Waals surface area (Å²) in [5.41, 5.74) is 9.54. The van der Waals surface area contributed by atoms with Crippen molar-refractivity contribution in [3.05, 3.63) is 165 Å². The Kier molecular flexibility index (Phi) is 16.6. The number of benzene rings is 7. The van der Waals surface area contributed by atoms with Crippen LogP contribution >= 0.6 is 23.2 Å². The fraction of sp³-hybridized carbons (Fsp3) is 0.151. The van der Waals surface area contributed by atoms with Crippen LogP contribution in [-0.2, 0) is 16.0 Å². The highest BCUT2D eigenvalue weighted by Crippen LogP contribution is 2.31. The molecule has 12 N–H and O–H groups in total. The molecule has 0 bridgehead atoms. The van der Waals surface area contributed by atoms with Crippen LogP contribution in [0.5, 0.6) is 5.75 Å². The van der Waals surface area contributed by atoms with E-state index in [4.69, 9.17) is 28.9 Å². The van der Waals surface area contributed by atoms with Gasteiger partial charge in [-0.25, -0.2) is 19.2 Å². The maximum atomic E-state index is 13.9. The van der Waals surface area contributed by atoms with Crippen molar-refractivity contribution in [2.45, 2.75) is 45.2 Å². The number of para-hydroxylation sites is 2. The lowest BCUT2D eigenvalue weighted by Crippen LogP contribution is -2.42. The number of guanidine groups is 1. The highest BCUT2D eigenvalue weighted by Gasteiger charge is 2.26. The molecule has 374 valence electrons. The zero-order valence-corrected chi connectivity index (χ0v) is 40.7. The van der Waals surface area contributed by atoms with Crippen LogP contribution in [0.15, 0.2) is 132 Å². The molecule has 2 atom stereocenters. The third-order valence-corrected chi connectivity index (χ3v) is 12.2. The number of anilines is 5. The van der Waals surface area contributed by atoms with Crippen LogP contribution < -0.4 is 43.0 Å². The van der Waals surface area contributed by atoms with E-state index >= 15 is 0 Å². The number of aliphatic imine (C=N–C) groups is 1. The van der Waals surface area contributed by atoms with Gasteiger partial charge < -0.3 is 58.3 Å². The monoisotopic (exact) mass is 1030 g/mol. The molecule has 73 heavy (non-hydrogen) atoms. The second kappa shape index (κ2) is 23.4. The van der Waals surface area contributed by atoms with Gasteiger partial charge >= 0.3 is 24.0 Å². The van der Waals surface area contributed by atoms with E-state index in [0.717, 1.165) is 10.9 Å². The molecule has 1 unspecified atom stereocenters. The van der Waals surface area contributed by atoms with Gasteiger partial charge in [-0.05, 0) is 126 Å². The van der Waals surface area contributed by atoms with E-state index in [1.54, 1.807) is 111 Å². The third-order valence-electron chi connectivity index (χ3n) is 11.6. The summed E-state index contributed by atoms with van der Waals surface area (Å²) in [5.74, 6) is -4.15. The van der Waals surface area contributed by atoms with Crippen molar-refractivity contribution in [3.8, 4) is 5.75 Å². The number of carboxylic acid groups (broad SMARTS) is 2. The molecule has 7 rings (SSSR count). The number of aliphatic carboxylic acids is 2. The minimum atomic E-state index is -1.37. The maximum Gasteiger partial charge on any atom is 0.326 e. The number of carbonyl (C=O) groups excluding carboxylic acids is 4. The van der Waals surface area contributed by atoms with Crippen LogP contribution in [-0.4, -0.2) is 75.7 Å². The Morgan fingerprint density at radius 2 is 1.08 bits per heavy atom. The summed E-state index contributed by atoms with van der Waals surface area (Å²) in [6, 6.07) is 30.4. The first-order valence-electron chi connectivity index (χ1n) is 22.6. The van der Waals surface area contributed by atoms with Crippen molar-refractivity contribution in [1.82, 2.24) is 10.6 Å². The Morgan fingerprint density at radius 1 is 0.575 bits per heavy atom. The van der Waals surface area contributed by atoms with E-state index in [2.05, 4.69) is 42.2 Å². The predicted molar refractivity (Wildman–Crippen MR) is 284 cm³/mol. The number of nitrogens with two attached hydrogens (primary N) is 1. The molecule has 20 heteroatoms. The van der Waals surface area contributed by atoms with Gasteiger partial charge in [0, 0.05) is 18.7 Å². The number of phenols is 1. The van der Waals surface area contributed by atoms with Crippen molar-refractivity contribution < 1.29 is 44.1 Å². The van der Waals surface area contributed by atoms with Gasteiger partial charge in [0.25, 0.3) is 11.8 Å². The number of aromatic hydroxyl groups is 1. The summed E-state index contributed by atoms with van der Waals surface area (Å²) in [5, 5.41) is 51.9. The molecule has 0 saturated carbocycles. The van der Waals surface area contributed by atoms with Crippen LogP contribution in [0.3, 0.4) is 0 Å². The molecule has 0 aliphatic rings. The van der Waals surface area contributed by atoms with Gasteiger partial charge in [-0.15, -0.1) is 0 Å². The van der Waals surface area contributed by atoms with Crippen molar-refractivity contribution in [1.29, 1.82) is 0 Å². The van der Waals surface area contributed by atoms with E-state index in [1.165, 1.54) is 24.3 Å². The molecular weight excluding hydrogens is 978 g/mol. The number of hydrogen-bond acceptors (Lipinski definition) is 8. The van der Waals surface area contributed by atoms with Crippen LogP contribution in [0, 0.1) is 13.8 Å². The zero-order chi connectivity index (χ0) is 52.3. The molecule has 0 aromatic heterocycles. The summed E-state index contributed by atoms with van der Waals surface area (Å²) in [6.45, 7) is 3.60. The third kappa shape index (κ3) is 13.5. The molecule has 0 aliphatic carbocycles. The molecule has 0 spiro atoms. The molecule has 18 nitrogen and oxygen atoms in total. The quantitative estimate of drug-likeness (QED) is 0.0232. The number of nitrogens with zero attached hydrogens (tertiary/aromatic N) is 1. The van der Waals surface area contributed by atoms with Crippen LogP contribution in [0.2, 0.25) is 10.0 Å². The number of carbonyl (C=O) groups is 6. The SMILES string of the molecule is Cc1cccc(Cl)c1NC(=O)Nc1cc2cc(NC(N)=NCCC[C@H](NC(=O)c3cc4ccccc4cc3NC(=O)Nc3c(C)cccc3Cl)C(=O)O)ccc2cc1C(=O)NC(Cc1ccc(O)cc1)C(=O)O. The van der Waals surface area contributed by atoms with Gasteiger partial charge in [-0.3, -0.25) is 14.6 Å². The van der Waals surface area contributed by atoms with E-state index in [-0.39, 0.29) is 65.0 Å². The molecule has 6 amide bonds. The summed E-state index contributed by atoms with van der Waals surface area (Å²) in [4.78, 5) is 83.4.